The van der Waals surface area contributed by atoms with Gasteiger partial charge in [-0.2, -0.15) is 5.26 Å². The Hall–Kier alpha value is -2.81. The van der Waals surface area contributed by atoms with Crippen molar-refractivity contribution >= 4 is 35.0 Å². The second-order valence-electron chi connectivity index (χ2n) is 13.1. The summed E-state index contributed by atoms with van der Waals surface area (Å²) in [5, 5.41) is 26.1. The SMILES string of the molecule is CC(C)(C)CC1N[C@@H](C(=O)N2CCN(CC(=O)NCCCCO)CC2)C(c2cccc(Cl)c2F)[C@@]1(C#N)c1ccc(Cl)cc1F. The first kappa shape index (κ1) is 35.1. The van der Waals surface area contributed by atoms with E-state index >= 15 is 8.78 Å². The summed E-state index contributed by atoms with van der Waals surface area (Å²) < 4.78 is 31.7. The van der Waals surface area contributed by atoms with Gasteiger partial charge in [0.25, 0.3) is 0 Å². The van der Waals surface area contributed by atoms with Gasteiger partial charge in [0.1, 0.15) is 17.0 Å². The van der Waals surface area contributed by atoms with E-state index in [0.29, 0.717) is 52.0 Å². The first-order chi connectivity index (χ1) is 21.3. The molecular formula is C33H41Cl2F2N5O3. The zero-order valence-electron chi connectivity index (χ0n) is 25.9. The van der Waals surface area contributed by atoms with Gasteiger partial charge in [0.05, 0.1) is 23.7 Å². The lowest BCUT2D eigenvalue weighted by atomic mass is 9.62. The molecule has 45 heavy (non-hydrogen) atoms. The number of rotatable bonds is 10. The number of hydrogen-bond acceptors (Lipinski definition) is 6. The van der Waals surface area contributed by atoms with E-state index in [4.69, 9.17) is 28.3 Å². The molecule has 2 aliphatic rings. The Morgan fingerprint density at radius 3 is 2.47 bits per heavy atom. The van der Waals surface area contributed by atoms with Crippen LogP contribution in [0, 0.1) is 28.4 Å². The number of amides is 2. The van der Waals surface area contributed by atoms with Crippen molar-refractivity contribution in [3.05, 3.63) is 69.2 Å². The van der Waals surface area contributed by atoms with Crippen molar-refractivity contribution in [3.8, 4) is 6.07 Å². The minimum Gasteiger partial charge on any atom is -0.396 e. The molecule has 2 heterocycles. The summed E-state index contributed by atoms with van der Waals surface area (Å²) in [5.41, 5.74) is -1.95. The number of nitriles is 1. The largest absolute Gasteiger partial charge is 0.396 e. The van der Waals surface area contributed by atoms with E-state index in [9.17, 15) is 14.9 Å². The second kappa shape index (κ2) is 14.7. The summed E-state index contributed by atoms with van der Waals surface area (Å²) in [7, 11) is 0. The van der Waals surface area contributed by atoms with Crippen LogP contribution in [-0.2, 0) is 15.0 Å². The van der Waals surface area contributed by atoms with Crippen molar-refractivity contribution in [1.29, 1.82) is 5.26 Å². The lowest BCUT2D eigenvalue weighted by molar-refractivity contribution is -0.135. The van der Waals surface area contributed by atoms with Crippen molar-refractivity contribution in [2.75, 3.05) is 45.9 Å². The Labute approximate surface area is 273 Å². The number of carbonyl (C=O) groups is 2. The van der Waals surface area contributed by atoms with Gasteiger partial charge in [-0.05, 0) is 48.4 Å². The number of aliphatic hydroxyl groups excluding tert-OH is 1. The number of piperazine rings is 1. The third kappa shape index (κ3) is 7.78. The van der Waals surface area contributed by atoms with Crippen molar-refractivity contribution in [3.63, 3.8) is 0 Å². The third-order valence-electron chi connectivity index (χ3n) is 8.67. The fourth-order valence-corrected chi connectivity index (χ4v) is 6.93. The molecule has 0 aliphatic carbocycles. The van der Waals surface area contributed by atoms with E-state index in [1.165, 1.54) is 24.3 Å². The maximum atomic E-state index is 15.9. The van der Waals surface area contributed by atoms with Gasteiger partial charge in [-0.15, -0.1) is 0 Å². The molecule has 4 atom stereocenters. The number of unbranched alkanes of at least 4 members (excludes halogenated alkanes) is 1. The normalized spacial score (nSPS) is 24.0. The molecule has 2 aromatic carbocycles. The van der Waals surface area contributed by atoms with Gasteiger partial charge in [0, 0.05) is 61.9 Å². The number of carbonyl (C=O) groups excluding carboxylic acids is 2. The van der Waals surface area contributed by atoms with Crippen LogP contribution < -0.4 is 10.6 Å². The summed E-state index contributed by atoms with van der Waals surface area (Å²) in [4.78, 5) is 30.3. The minimum absolute atomic E-state index is 0.0330. The number of aliphatic hydroxyl groups is 1. The molecule has 2 unspecified atom stereocenters. The van der Waals surface area contributed by atoms with Crippen LogP contribution in [0.1, 0.15) is 57.1 Å². The van der Waals surface area contributed by atoms with Gasteiger partial charge in [-0.3, -0.25) is 14.5 Å². The standard InChI is InChI=1S/C33H41Cl2F2N5O3/c1-32(2,3)18-26-33(20-38,23-10-9-21(34)17-25(23)36)28(22-7-6-8-24(35)29(22)37)30(40-26)31(45)42-14-12-41(13-15-42)19-27(44)39-11-4-5-16-43/h6-10,17,26,28,30,40,43H,4-5,11-16,18-19H2,1-3H3,(H,39,44)/t26?,28?,30-,33+/m1/s1. The molecular weight excluding hydrogens is 623 g/mol. The van der Waals surface area contributed by atoms with Gasteiger partial charge >= 0.3 is 0 Å². The molecule has 0 saturated carbocycles. The highest BCUT2D eigenvalue weighted by atomic mass is 35.5. The van der Waals surface area contributed by atoms with Crippen LogP contribution >= 0.6 is 23.2 Å². The first-order valence-electron chi connectivity index (χ1n) is 15.3. The Balaban J connectivity index is 1.69. The van der Waals surface area contributed by atoms with E-state index < -0.39 is 35.1 Å². The van der Waals surface area contributed by atoms with Crippen LogP contribution in [0.2, 0.25) is 10.0 Å². The highest BCUT2D eigenvalue weighted by Gasteiger charge is 2.61. The summed E-state index contributed by atoms with van der Waals surface area (Å²) >= 11 is 12.3. The topological polar surface area (TPSA) is 109 Å². The number of halogens is 4. The maximum Gasteiger partial charge on any atom is 0.240 e. The second-order valence-corrected chi connectivity index (χ2v) is 13.9. The monoisotopic (exact) mass is 663 g/mol. The van der Waals surface area contributed by atoms with Gasteiger partial charge < -0.3 is 20.6 Å². The Kier molecular flexibility index (Phi) is 11.5. The number of nitrogens with one attached hydrogen (secondary N) is 2. The molecule has 2 amide bonds. The first-order valence-corrected chi connectivity index (χ1v) is 16.0. The van der Waals surface area contributed by atoms with Crippen LogP contribution in [0.3, 0.4) is 0 Å². The van der Waals surface area contributed by atoms with Crippen LogP contribution in [-0.4, -0.2) is 84.7 Å². The number of nitrogens with zero attached hydrogens (tertiary/aromatic N) is 3. The average Bonchev–Trinajstić information content (AvgIpc) is 3.29. The van der Waals surface area contributed by atoms with Crippen LogP contribution in [0.15, 0.2) is 36.4 Å². The van der Waals surface area contributed by atoms with Crippen molar-refractivity contribution in [2.45, 2.75) is 63.5 Å². The zero-order valence-corrected chi connectivity index (χ0v) is 27.4. The maximum absolute atomic E-state index is 15.9. The van der Waals surface area contributed by atoms with E-state index in [0.717, 1.165) is 6.07 Å². The van der Waals surface area contributed by atoms with Crippen molar-refractivity contribution in [2.24, 2.45) is 5.41 Å². The van der Waals surface area contributed by atoms with E-state index in [-0.39, 0.29) is 51.6 Å². The smallest absolute Gasteiger partial charge is 0.240 e. The Bertz CT molecular complexity index is 1420. The molecule has 3 N–H and O–H groups in total. The zero-order chi connectivity index (χ0) is 32.9. The summed E-state index contributed by atoms with van der Waals surface area (Å²) in [6.45, 7) is 8.23. The van der Waals surface area contributed by atoms with Gasteiger partial charge in [0.15, 0.2) is 0 Å². The van der Waals surface area contributed by atoms with Crippen LogP contribution in [0.25, 0.3) is 0 Å². The molecule has 2 saturated heterocycles. The van der Waals surface area contributed by atoms with E-state index in [1.807, 2.05) is 25.7 Å². The van der Waals surface area contributed by atoms with Gasteiger partial charge in [-0.1, -0.05) is 62.2 Å². The van der Waals surface area contributed by atoms with Crippen LogP contribution in [0.5, 0.6) is 0 Å². The quantitative estimate of drug-likeness (QED) is 0.320. The molecule has 2 aromatic rings. The third-order valence-corrected chi connectivity index (χ3v) is 9.20. The summed E-state index contributed by atoms with van der Waals surface area (Å²) in [6.07, 6.45) is 1.69. The average molecular weight is 665 g/mol. The molecule has 0 bridgehead atoms. The molecule has 12 heteroatoms. The highest BCUT2D eigenvalue weighted by molar-refractivity contribution is 6.31. The number of benzene rings is 2. The minimum atomic E-state index is -1.69. The molecule has 2 fully saturated rings. The predicted molar refractivity (Wildman–Crippen MR) is 170 cm³/mol. The van der Waals surface area contributed by atoms with Gasteiger partial charge in [0.2, 0.25) is 11.8 Å². The summed E-state index contributed by atoms with van der Waals surface area (Å²) in [5.74, 6) is -3.06. The van der Waals surface area contributed by atoms with Crippen molar-refractivity contribution in [1.82, 2.24) is 20.4 Å². The highest BCUT2D eigenvalue weighted by Crippen LogP contribution is 2.53. The van der Waals surface area contributed by atoms with Crippen molar-refractivity contribution < 1.29 is 23.5 Å². The molecule has 244 valence electrons. The Morgan fingerprint density at radius 1 is 1.13 bits per heavy atom. The van der Waals surface area contributed by atoms with Crippen LogP contribution in [0.4, 0.5) is 8.78 Å². The fraction of sp³-hybridized carbons (Fsp3) is 0.545. The molecule has 0 radical (unpaired) electrons. The predicted octanol–water partition coefficient (Wildman–Crippen LogP) is 4.63. The lowest BCUT2D eigenvalue weighted by Gasteiger charge is -2.38. The molecule has 2 aliphatic heterocycles. The van der Waals surface area contributed by atoms with E-state index in [2.05, 4.69) is 16.7 Å². The number of hydrogen-bond donors (Lipinski definition) is 3. The van der Waals surface area contributed by atoms with E-state index in [1.54, 1.807) is 11.0 Å². The lowest BCUT2D eigenvalue weighted by Crippen LogP contribution is -2.55. The fourth-order valence-electron chi connectivity index (χ4n) is 6.59. The molecule has 8 nitrogen and oxygen atoms in total. The molecule has 4 rings (SSSR count). The Morgan fingerprint density at radius 2 is 1.84 bits per heavy atom. The van der Waals surface area contributed by atoms with Gasteiger partial charge in [-0.25, -0.2) is 8.78 Å². The summed E-state index contributed by atoms with van der Waals surface area (Å²) in [6, 6.07) is 9.11. The molecule has 0 aromatic heterocycles. The molecule has 0 spiro atoms.